The van der Waals surface area contributed by atoms with E-state index in [4.69, 9.17) is 22.1 Å². The molecular formula is C14H18ClN3O2S. The first-order chi connectivity index (χ1) is 9.73. The number of halogens is 1. The Hall–Kier alpha value is -1.45. The van der Waals surface area contributed by atoms with Crippen LogP contribution >= 0.6 is 22.9 Å². The van der Waals surface area contributed by atoms with Crippen LogP contribution in [0.3, 0.4) is 0 Å². The minimum absolute atomic E-state index is 0.0354. The second kappa shape index (κ2) is 5.74. The average Bonchev–Trinajstić information content (AvgIpc) is 2.91. The van der Waals surface area contributed by atoms with Crippen LogP contribution in [0.25, 0.3) is 0 Å². The van der Waals surface area contributed by atoms with E-state index in [1.165, 1.54) is 11.3 Å². The molecular weight excluding hydrogens is 310 g/mol. The number of rotatable bonds is 1. The molecule has 2 rings (SSSR count). The highest BCUT2D eigenvalue weighted by Crippen LogP contribution is 2.42. The van der Waals surface area contributed by atoms with Crippen LogP contribution in [0.2, 0.25) is 4.34 Å². The van der Waals surface area contributed by atoms with Crippen LogP contribution in [0.4, 0.5) is 9.80 Å². The first kappa shape index (κ1) is 15.9. The normalized spacial score (nSPS) is 18.6. The molecule has 0 aromatic carbocycles. The van der Waals surface area contributed by atoms with E-state index in [0.29, 0.717) is 28.0 Å². The van der Waals surface area contributed by atoms with E-state index in [-0.39, 0.29) is 12.0 Å². The molecule has 1 amide bonds. The number of likely N-dealkylation sites (tertiary alicyclic amines) is 1. The molecule has 0 saturated carbocycles. The van der Waals surface area contributed by atoms with E-state index in [0.717, 1.165) is 12.0 Å². The smallest absolute Gasteiger partial charge is 0.410 e. The number of hydrogen-bond donors (Lipinski definition) is 1. The summed E-state index contributed by atoms with van der Waals surface area (Å²) in [6, 6.07) is 2.11. The minimum Gasteiger partial charge on any atom is -0.444 e. The maximum Gasteiger partial charge on any atom is 0.410 e. The number of nitrogens with zero attached hydrogens (tertiary/aromatic N) is 2. The molecule has 2 N–H and O–H groups in total. The van der Waals surface area contributed by atoms with Gasteiger partial charge in [-0.3, -0.25) is 0 Å². The number of nitrogens with two attached hydrogens (primary N) is 1. The summed E-state index contributed by atoms with van der Waals surface area (Å²) in [5.74, 6) is 0.0354. The highest BCUT2D eigenvalue weighted by Gasteiger charge is 2.34. The minimum atomic E-state index is -0.516. The van der Waals surface area contributed by atoms with Crippen LogP contribution in [0, 0.1) is 11.3 Å². The Morgan fingerprint density at radius 2 is 2.24 bits per heavy atom. The number of nitrogen functional groups attached to an aromatic ring is 1. The van der Waals surface area contributed by atoms with Gasteiger partial charge in [0.05, 0.1) is 9.90 Å². The Kier molecular flexibility index (Phi) is 4.35. The van der Waals surface area contributed by atoms with Crippen LogP contribution in [0.5, 0.6) is 0 Å². The van der Waals surface area contributed by atoms with Crippen molar-refractivity contribution in [2.24, 2.45) is 0 Å². The Balaban J connectivity index is 2.14. The van der Waals surface area contributed by atoms with Crippen molar-refractivity contribution in [1.29, 1.82) is 5.26 Å². The molecule has 1 unspecified atom stereocenters. The van der Waals surface area contributed by atoms with E-state index in [1.807, 2.05) is 20.8 Å². The molecule has 0 bridgehead atoms. The Labute approximate surface area is 133 Å². The van der Waals surface area contributed by atoms with Gasteiger partial charge in [-0.15, -0.1) is 11.3 Å². The zero-order valence-corrected chi connectivity index (χ0v) is 13.8. The molecule has 0 spiro atoms. The third-order valence-corrected chi connectivity index (χ3v) is 4.55. The summed E-state index contributed by atoms with van der Waals surface area (Å²) in [7, 11) is 0. The van der Waals surface area contributed by atoms with Gasteiger partial charge in [-0.25, -0.2) is 4.79 Å². The molecule has 1 saturated heterocycles. The van der Waals surface area contributed by atoms with Crippen LogP contribution in [-0.4, -0.2) is 29.7 Å². The van der Waals surface area contributed by atoms with Gasteiger partial charge >= 0.3 is 6.09 Å². The summed E-state index contributed by atoms with van der Waals surface area (Å²) in [5.41, 5.74) is 6.50. The van der Waals surface area contributed by atoms with E-state index >= 15 is 0 Å². The summed E-state index contributed by atoms with van der Waals surface area (Å²) in [4.78, 5) is 13.7. The Morgan fingerprint density at radius 1 is 1.57 bits per heavy atom. The predicted octanol–water partition coefficient (Wildman–Crippen LogP) is 3.58. The quantitative estimate of drug-likeness (QED) is 0.855. The number of anilines is 1. The van der Waals surface area contributed by atoms with Gasteiger partial charge in [-0.05, 0) is 27.2 Å². The number of thiophene rings is 1. The standard InChI is InChI=1S/C14H18ClN3O2S/c1-14(2,3)20-13(19)18-5-4-8(7-18)10-9(6-16)12(17)21-11(10)15/h8H,4-5,7,17H2,1-3H3. The topological polar surface area (TPSA) is 79.3 Å². The highest BCUT2D eigenvalue weighted by molar-refractivity contribution is 7.20. The Bertz CT molecular complexity index is 601. The highest BCUT2D eigenvalue weighted by atomic mass is 35.5. The lowest BCUT2D eigenvalue weighted by Gasteiger charge is -2.24. The molecule has 1 aromatic heterocycles. The molecule has 114 valence electrons. The molecule has 1 aliphatic rings. The van der Waals surface area contributed by atoms with Crippen molar-refractivity contribution < 1.29 is 9.53 Å². The summed E-state index contributed by atoms with van der Waals surface area (Å²) in [5, 5.41) is 9.65. The number of carbonyl (C=O) groups excluding carboxylic acids is 1. The monoisotopic (exact) mass is 327 g/mol. The van der Waals surface area contributed by atoms with E-state index in [9.17, 15) is 10.1 Å². The van der Waals surface area contributed by atoms with Crippen molar-refractivity contribution in [3.63, 3.8) is 0 Å². The molecule has 1 aromatic rings. The molecule has 0 aliphatic carbocycles. The first-order valence-corrected chi connectivity index (χ1v) is 7.88. The molecule has 1 atom stereocenters. The van der Waals surface area contributed by atoms with Crippen molar-refractivity contribution in [2.75, 3.05) is 18.8 Å². The van der Waals surface area contributed by atoms with Gasteiger partial charge in [0.2, 0.25) is 0 Å². The lowest BCUT2D eigenvalue weighted by molar-refractivity contribution is 0.0292. The van der Waals surface area contributed by atoms with E-state index < -0.39 is 5.60 Å². The van der Waals surface area contributed by atoms with Crippen LogP contribution in [-0.2, 0) is 4.74 Å². The zero-order chi connectivity index (χ0) is 15.8. The summed E-state index contributed by atoms with van der Waals surface area (Å²) >= 11 is 7.41. The number of nitriles is 1. The fourth-order valence-electron chi connectivity index (χ4n) is 2.40. The van der Waals surface area contributed by atoms with Gasteiger partial charge in [0, 0.05) is 24.6 Å². The van der Waals surface area contributed by atoms with Crippen LogP contribution < -0.4 is 5.73 Å². The van der Waals surface area contributed by atoms with E-state index in [2.05, 4.69) is 6.07 Å². The molecule has 1 fully saturated rings. The largest absolute Gasteiger partial charge is 0.444 e. The van der Waals surface area contributed by atoms with Gasteiger partial charge in [-0.2, -0.15) is 5.26 Å². The van der Waals surface area contributed by atoms with Gasteiger partial charge < -0.3 is 15.4 Å². The fourth-order valence-corrected chi connectivity index (χ4v) is 3.73. The zero-order valence-electron chi connectivity index (χ0n) is 12.3. The van der Waals surface area contributed by atoms with Crippen molar-refractivity contribution >= 4 is 34.0 Å². The maximum atomic E-state index is 12.1. The lowest BCUT2D eigenvalue weighted by Crippen LogP contribution is -2.35. The number of carbonyl (C=O) groups is 1. The Morgan fingerprint density at radius 3 is 2.81 bits per heavy atom. The van der Waals surface area contributed by atoms with Crippen molar-refractivity contribution in [3.05, 3.63) is 15.5 Å². The van der Waals surface area contributed by atoms with Gasteiger partial charge in [0.25, 0.3) is 0 Å². The summed E-state index contributed by atoms with van der Waals surface area (Å²) in [6.07, 6.45) is 0.423. The number of ether oxygens (including phenoxy) is 1. The van der Waals surface area contributed by atoms with Gasteiger partial charge in [0.1, 0.15) is 16.7 Å². The number of amides is 1. The van der Waals surface area contributed by atoms with Crippen molar-refractivity contribution in [3.8, 4) is 6.07 Å². The van der Waals surface area contributed by atoms with Gasteiger partial charge in [-0.1, -0.05) is 11.6 Å². The second-order valence-corrected chi connectivity index (χ2v) is 7.71. The van der Waals surface area contributed by atoms with Crippen LogP contribution in [0.15, 0.2) is 0 Å². The molecule has 7 heteroatoms. The average molecular weight is 328 g/mol. The lowest BCUT2D eigenvalue weighted by atomic mass is 9.97. The summed E-state index contributed by atoms with van der Waals surface area (Å²) < 4.78 is 5.91. The first-order valence-electron chi connectivity index (χ1n) is 6.68. The van der Waals surface area contributed by atoms with E-state index in [1.54, 1.807) is 4.90 Å². The molecule has 1 aliphatic heterocycles. The number of hydrogen-bond acceptors (Lipinski definition) is 5. The van der Waals surface area contributed by atoms with Crippen molar-refractivity contribution in [2.45, 2.75) is 38.7 Å². The van der Waals surface area contributed by atoms with Gasteiger partial charge in [0.15, 0.2) is 0 Å². The molecule has 2 heterocycles. The van der Waals surface area contributed by atoms with Crippen molar-refractivity contribution in [1.82, 2.24) is 4.90 Å². The second-order valence-electron chi connectivity index (χ2n) is 6.05. The molecule has 21 heavy (non-hydrogen) atoms. The molecule has 5 nitrogen and oxygen atoms in total. The summed E-state index contributed by atoms with van der Waals surface area (Å²) in [6.45, 7) is 6.60. The fraction of sp³-hybridized carbons (Fsp3) is 0.571. The maximum absolute atomic E-state index is 12.1. The molecule has 0 radical (unpaired) electrons. The third kappa shape index (κ3) is 3.42. The SMILES string of the molecule is CC(C)(C)OC(=O)N1CCC(c2c(Cl)sc(N)c2C#N)C1. The third-order valence-electron chi connectivity index (χ3n) is 3.29. The predicted molar refractivity (Wildman–Crippen MR) is 83.6 cm³/mol. The van der Waals surface area contributed by atoms with Crippen LogP contribution in [0.1, 0.15) is 44.2 Å².